The van der Waals surface area contributed by atoms with Crippen molar-refractivity contribution in [2.75, 3.05) is 17.1 Å². The molecule has 1 N–H and O–H groups in total. The third-order valence-electron chi connectivity index (χ3n) is 5.95. The van der Waals surface area contributed by atoms with Crippen LogP contribution in [0.15, 0.2) is 42.5 Å². The molecule has 35 heavy (non-hydrogen) atoms. The number of amides is 2. The van der Waals surface area contributed by atoms with E-state index in [0.29, 0.717) is 17.1 Å². The summed E-state index contributed by atoms with van der Waals surface area (Å²) in [5.74, 6) is -0.724. The number of nitrogens with zero attached hydrogens (tertiary/aromatic N) is 2. The molecular formula is C26H36ClN3O4S. The molecule has 0 radical (unpaired) electrons. The minimum atomic E-state index is -3.77. The molecule has 0 spiro atoms. The maximum atomic E-state index is 13.7. The zero-order valence-electron chi connectivity index (χ0n) is 21.3. The molecule has 2 aromatic carbocycles. The van der Waals surface area contributed by atoms with Crippen LogP contribution in [0, 0.1) is 13.8 Å². The van der Waals surface area contributed by atoms with Crippen molar-refractivity contribution in [1.29, 1.82) is 0 Å². The van der Waals surface area contributed by atoms with E-state index in [1.54, 1.807) is 30.3 Å². The Morgan fingerprint density at radius 2 is 1.66 bits per heavy atom. The SMILES string of the molecule is CC[C@H](C(=O)N[C@@H](C)CC)N(Cc1ccc(Cl)cc1)C(=O)CN(c1ccc(C)cc1C)S(C)(=O)=O. The lowest BCUT2D eigenvalue weighted by molar-refractivity contribution is -0.140. The van der Waals surface area contributed by atoms with Crippen LogP contribution in [0.2, 0.25) is 5.02 Å². The summed E-state index contributed by atoms with van der Waals surface area (Å²) < 4.78 is 26.6. The smallest absolute Gasteiger partial charge is 0.244 e. The minimum absolute atomic E-state index is 0.0493. The summed E-state index contributed by atoms with van der Waals surface area (Å²) >= 11 is 6.02. The second-order valence-corrected chi connectivity index (χ2v) is 11.3. The monoisotopic (exact) mass is 521 g/mol. The highest BCUT2D eigenvalue weighted by Gasteiger charge is 2.32. The summed E-state index contributed by atoms with van der Waals surface area (Å²) in [6.07, 6.45) is 2.21. The quantitative estimate of drug-likeness (QED) is 0.473. The van der Waals surface area contributed by atoms with E-state index in [4.69, 9.17) is 11.6 Å². The predicted octanol–water partition coefficient (Wildman–Crippen LogP) is 4.44. The van der Waals surface area contributed by atoms with E-state index in [-0.39, 0.29) is 18.5 Å². The Kier molecular flexibility index (Phi) is 10.2. The van der Waals surface area contributed by atoms with Gasteiger partial charge in [-0.15, -0.1) is 0 Å². The van der Waals surface area contributed by atoms with Gasteiger partial charge in [0.2, 0.25) is 21.8 Å². The minimum Gasteiger partial charge on any atom is -0.352 e. The molecular weight excluding hydrogens is 486 g/mol. The number of anilines is 1. The van der Waals surface area contributed by atoms with Gasteiger partial charge in [-0.1, -0.05) is 55.3 Å². The lowest BCUT2D eigenvalue weighted by Gasteiger charge is -2.33. The molecule has 9 heteroatoms. The van der Waals surface area contributed by atoms with Crippen molar-refractivity contribution < 1.29 is 18.0 Å². The number of rotatable bonds is 11. The van der Waals surface area contributed by atoms with Crippen molar-refractivity contribution in [2.24, 2.45) is 0 Å². The molecule has 0 aromatic heterocycles. The zero-order valence-corrected chi connectivity index (χ0v) is 22.9. The van der Waals surface area contributed by atoms with Gasteiger partial charge in [-0.3, -0.25) is 13.9 Å². The van der Waals surface area contributed by atoms with Crippen LogP contribution < -0.4 is 9.62 Å². The maximum absolute atomic E-state index is 13.7. The van der Waals surface area contributed by atoms with Gasteiger partial charge in [-0.2, -0.15) is 0 Å². The zero-order chi connectivity index (χ0) is 26.3. The fourth-order valence-corrected chi connectivity index (χ4v) is 4.86. The van der Waals surface area contributed by atoms with Crippen LogP contribution in [-0.2, 0) is 26.2 Å². The molecule has 0 aliphatic heterocycles. The first kappa shape index (κ1) is 28.7. The van der Waals surface area contributed by atoms with E-state index >= 15 is 0 Å². The number of carbonyl (C=O) groups is 2. The number of benzene rings is 2. The number of sulfonamides is 1. The summed E-state index contributed by atoms with van der Waals surface area (Å²) in [6.45, 7) is 9.17. The Balaban J connectivity index is 2.46. The first-order valence-corrected chi connectivity index (χ1v) is 14.0. The molecule has 2 aromatic rings. The fourth-order valence-electron chi connectivity index (χ4n) is 3.83. The van der Waals surface area contributed by atoms with Gasteiger partial charge in [0, 0.05) is 17.6 Å². The summed E-state index contributed by atoms with van der Waals surface area (Å²) in [7, 11) is -3.77. The Bertz CT molecular complexity index is 1140. The average molecular weight is 522 g/mol. The van der Waals surface area contributed by atoms with Crippen molar-refractivity contribution in [3.8, 4) is 0 Å². The van der Waals surface area contributed by atoms with Crippen molar-refractivity contribution >= 4 is 39.1 Å². The topological polar surface area (TPSA) is 86.8 Å². The number of carbonyl (C=O) groups excluding carboxylic acids is 2. The van der Waals surface area contributed by atoms with E-state index < -0.39 is 28.5 Å². The van der Waals surface area contributed by atoms with Gasteiger partial charge in [0.05, 0.1) is 11.9 Å². The second kappa shape index (κ2) is 12.4. The van der Waals surface area contributed by atoms with Gasteiger partial charge < -0.3 is 10.2 Å². The molecule has 2 rings (SSSR count). The van der Waals surface area contributed by atoms with Crippen molar-refractivity contribution in [2.45, 2.75) is 66.1 Å². The van der Waals surface area contributed by atoms with Gasteiger partial charge in [0.1, 0.15) is 12.6 Å². The van der Waals surface area contributed by atoms with Crippen LogP contribution in [0.4, 0.5) is 5.69 Å². The fraction of sp³-hybridized carbons (Fsp3) is 0.462. The van der Waals surface area contributed by atoms with Crippen molar-refractivity contribution in [3.63, 3.8) is 0 Å². The third kappa shape index (κ3) is 7.97. The van der Waals surface area contributed by atoms with E-state index in [0.717, 1.165) is 33.7 Å². The van der Waals surface area contributed by atoms with Crippen LogP contribution >= 0.6 is 11.6 Å². The van der Waals surface area contributed by atoms with Crippen molar-refractivity contribution in [1.82, 2.24) is 10.2 Å². The van der Waals surface area contributed by atoms with Crippen LogP contribution in [0.25, 0.3) is 0 Å². The standard InChI is InChI=1S/C26H36ClN3O4S/c1-7-20(5)28-26(32)23(8-2)29(16-21-10-12-22(27)13-11-21)25(31)17-30(35(6,33)34)24-14-9-18(3)15-19(24)4/h9-15,20,23H,7-8,16-17H2,1-6H3,(H,28,32)/t20-,23+/m0/s1. The Hall–Kier alpha value is -2.58. The van der Waals surface area contributed by atoms with E-state index in [1.807, 2.05) is 46.8 Å². The van der Waals surface area contributed by atoms with Crippen molar-refractivity contribution in [3.05, 3.63) is 64.2 Å². The van der Waals surface area contributed by atoms with Gasteiger partial charge in [0.25, 0.3) is 0 Å². The van der Waals surface area contributed by atoms with Gasteiger partial charge >= 0.3 is 0 Å². The maximum Gasteiger partial charge on any atom is 0.244 e. The molecule has 2 amide bonds. The van der Waals surface area contributed by atoms with Crippen LogP contribution in [0.1, 0.15) is 50.3 Å². The number of aryl methyl sites for hydroxylation is 2. The van der Waals surface area contributed by atoms with Crippen LogP contribution in [-0.4, -0.2) is 50.0 Å². The van der Waals surface area contributed by atoms with E-state index in [2.05, 4.69) is 5.32 Å². The lowest BCUT2D eigenvalue weighted by atomic mass is 10.1. The molecule has 0 fully saturated rings. The third-order valence-corrected chi connectivity index (χ3v) is 7.33. The Morgan fingerprint density at radius 1 is 1.03 bits per heavy atom. The summed E-state index contributed by atoms with van der Waals surface area (Å²) in [4.78, 5) is 28.3. The first-order chi connectivity index (χ1) is 16.4. The molecule has 0 saturated heterocycles. The molecule has 0 bridgehead atoms. The Morgan fingerprint density at radius 3 is 2.17 bits per heavy atom. The lowest BCUT2D eigenvalue weighted by Crippen LogP contribution is -2.53. The van der Waals surface area contributed by atoms with E-state index in [9.17, 15) is 18.0 Å². The summed E-state index contributed by atoms with van der Waals surface area (Å²) in [5.41, 5.74) is 2.96. The van der Waals surface area contributed by atoms with Crippen LogP contribution in [0.3, 0.4) is 0 Å². The molecule has 0 heterocycles. The van der Waals surface area contributed by atoms with Gasteiger partial charge in [-0.25, -0.2) is 8.42 Å². The van der Waals surface area contributed by atoms with Gasteiger partial charge in [0.15, 0.2) is 0 Å². The number of hydrogen-bond acceptors (Lipinski definition) is 4. The molecule has 0 unspecified atom stereocenters. The molecule has 0 saturated carbocycles. The molecule has 0 aliphatic carbocycles. The first-order valence-electron chi connectivity index (χ1n) is 11.8. The molecule has 192 valence electrons. The highest BCUT2D eigenvalue weighted by molar-refractivity contribution is 7.92. The van der Waals surface area contributed by atoms with Gasteiger partial charge in [-0.05, 0) is 62.9 Å². The molecule has 0 aliphatic rings. The highest BCUT2D eigenvalue weighted by atomic mass is 35.5. The largest absolute Gasteiger partial charge is 0.352 e. The molecule has 2 atom stereocenters. The number of nitrogens with one attached hydrogen (secondary N) is 1. The number of halogens is 1. The van der Waals surface area contributed by atoms with Crippen LogP contribution in [0.5, 0.6) is 0 Å². The number of hydrogen-bond donors (Lipinski definition) is 1. The summed E-state index contributed by atoms with van der Waals surface area (Å²) in [6, 6.07) is 11.6. The Labute approximate surface area is 214 Å². The van der Waals surface area contributed by atoms with E-state index in [1.165, 1.54) is 4.90 Å². The summed E-state index contributed by atoms with van der Waals surface area (Å²) in [5, 5.41) is 3.52. The molecule has 7 nitrogen and oxygen atoms in total. The predicted molar refractivity (Wildman–Crippen MR) is 142 cm³/mol. The highest BCUT2D eigenvalue weighted by Crippen LogP contribution is 2.24. The normalized spacial score (nSPS) is 13.1. The second-order valence-electron chi connectivity index (χ2n) is 8.95. The average Bonchev–Trinajstić information content (AvgIpc) is 2.78.